The normalized spacial score (nSPS) is 14.7. The molecule has 0 radical (unpaired) electrons. The summed E-state index contributed by atoms with van der Waals surface area (Å²) in [6, 6.07) is 0. The molecule has 204 valence electrons. The zero-order valence-corrected chi connectivity index (χ0v) is 24.2. The molecule has 0 aromatic carbocycles. The Kier molecular flexibility index (Phi) is 26.0. The third-order valence-corrected chi connectivity index (χ3v) is 8.69. The van der Waals surface area contributed by atoms with Crippen LogP contribution in [0.3, 0.4) is 0 Å². The highest BCUT2D eigenvalue weighted by molar-refractivity contribution is 4.65. The van der Waals surface area contributed by atoms with Gasteiger partial charge in [-0.2, -0.15) is 0 Å². The van der Waals surface area contributed by atoms with Gasteiger partial charge in [0.15, 0.2) is 0 Å². The highest BCUT2D eigenvalue weighted by Gasteiger charge is 2.12. The van der Waals surface area contributed by atoms with Crippen molar-refractivity contribution in [3.63, 3.8) is 0 Å². The van der Waals surface area contributed by atoms with Crippen LogP contribution in [0.1, 0.15) is 212 Å². The van der Waals surface area contributed by atoms with Crippen molar-refractivity contribution in [2.75, 3.05) is 0 Å². The standard InChI is InChI=1S/C34H68/c1-2-3-4-5-6-7-8-9-10-11-12-13-14-15-16-17-18-19-20-21-22-23-24-25-26-28-31-34-32-29-27-30-33-34/h34H,2-33H2,1H3. The third-order valence-electron chi connectivity index (χ3n) is 8.69. The van der Waals surface area contributed by atoms with Gasteiger partial charge in [0.2, 0.25) is 0 Å². The van der Waals surface area contributed by atoms with Crippen LogP contribution >= 0.6 is 0 Å². The van der Waals surface area contributed by atoms with E-state index in [0.29, 0.717) is 0 Å². The maximum absolute atomic E-state index is 2.31. The van der Waals surface area contributed by atoms with Gasteiger partial charge in [-0.05, 0) is 5.92 Å². The fraction of sp³-hybridized carbons (Fsp3) is 1.00. The molecule has 0 atom stereocenters. The summed E-state index contributed by atoms with van der Waals surface area (Å²) in [4.78, 5) is 0. The number of unbranched alkanes of at least 4 members (excludes halogenated alkanes) is 25. The van der Waals surface area contributed by atoms with E-state index >= 15 is 0 Å². The Morgan fingerprint density at radius 3 is 0.882 bits per heavy atom. The Bertz CT molecular complexity index is 353. The number of hydrogen-bond acceptors (Lipinski definition) is 0. The predicted molar refractivity (Wildman–Crippen MR) is 157 cm³/mol. The molecule has 0 N–H and O–H groups in total. The SMILES string of the molecule is CCCCCCCCCCCCCCCCCCCCCCCCCCCCC1CCCCC1. The second-order valence-corrected chi connectivity index (χ2v) is 12.1. The second kappa shape index (κ2) is 27.6. The monoisotopic (exact) mass is 477 g/mol. The van der Waals surface area contributed by atoms with E-state index < -0.39 is 0 Å². The molecular weight excluding hydrogens is 408 g/mol. The molecule has 1 fully saturated rings. The molecule has 0 aliphatic heterocycles. The van der Waals surface area contributed by atoms with Crippen LogP contribution in [0.25, 0.3) is 0 Å². The molecule has 1 aliphatic rings. The van der Waals surface area contributed by atoms with Crippen LogP contribution in [0.15, 0.2) is 0 Å². The van der Waals surface area contributed by atoms with Gasteiger partial charge in [0.05, 0.1) is 0 Å². The highest BCUT2D eigenvalue weighted by Crippen LogP contribution is 2.28. The first-order chi connectivity index (χ1) is 16.9. The summed E-state index contributed by atoms with van der Waals surface area (Å²) in [5, 5.41) is 0. The lowest BCUT2D eigenvalue weighted by molar-refractivity contribution is 0.328. The number of rotatable bonds is 27. The highest BCUT2D eigenvalue weighted by atomic mass is 14.2. The van der Waals surface area contributed by atoms with Crippen molar-refractivity contribution in [3.05, 3.63) is 0 Å². The van der Waals surface area contributed by atoms with E-state index in [1.54, 1.807) is 19.3 Å². The van der Waals surface area contributed by atoms with Gasteiger partial charge in [-0.25, -0.2) is 0 Å². The molecule has 0 unspecified atom stereocenters. The van der Waals surface area contributed by atoms with Crippen LogP contribution in [-0.4, -0.2) is 0 Å². The summed E-state index contributed by atoms with van der Waals surface area (Å²) in [7, 11) is 0. The zero-order chi connectivity index (χ0) is 24.2. The molecule has 0 spiro atoms. The molecule has 0 saturated heterocycles. The zero-order valence-electron chi connectivity index (χ0n) is 24.2. The summed E-state index contributed by atoms with van der Waals surface area (Å²) >= 11 is 0. The average Bonchev–Trinajstić information content (AvgIpc) is 2.87. The molecule has 34 heavy (non-hydrogen) atoms. The minimum Gasteiger partial charge on any atom is -0.0654 e. The summed E-state index contributed by atoms with van der Waals surface area (Å²) in [5.74, 6) is 1.10. The quantitative estimate of drug-likeness (QED) is 0.103. The molecule has 0 nitrogen and oxygen atoms in total. The Morgan fingerprint density at radius 1 is 0.324 bits per heavy atom. The fourth-order valence-electron chi connectivity index (χ4n) is 6.22. The second-order valence-electron chi connectivity index (χ2n) is 12.1. The largest absolute Gasteiger partial charge is 0.0654 e. The average molecular weight is 477 g/mol. The summed E-state index contributed by atoms with van der Waals surface area (Å²) in [5.41, 5.74) is 0. The molecule has 0 amide bonds. The lowest BCUT2D eigenvalue weighted by Gasteiger charge is -2.21. The van der Waals surface area contributed by atoms with E-state index in [-0.39, 0.29) is 0 Å². The first-order valence-corrected chi connectivity index (χ1v) is 16.9. The van der Waals surface area contributed by atoms with Crippen LogP contribution in [0, 0.1) is 5.92 Å². The van der Waals surface area contributed by atoms with Gasteiger partial charge in [-0.15, -0.1) is 0 Å². The lowest BCUT2D eigenvalue weighted by Crippen LogP contribution is -2.05. The fourth-order valence-corrected chi connectivity index (χ4v) is 6.22. The number of hydrogen-bond donors (Lipinski definition) is 0. The molecule has 0 bridgehead atoms. The molecule has 1 aliphatic carbocycles. The van der Waals surface area contributed by atoms with E-state index in [2.05, 4.69) is 6.92 Å². The van der Waals surface area contributed by atoms with E-state index in [4.69, 9.17) is 0 Å². The molecule has 0 aromatic heterocycles. The first-order valence-electron chi connectivity index (χ1n) is 16.9. The summed E-state index contributed by atoms with van der Waals surface area (Å²) in [6.45, 7) is 2.31. The van der Waals surface area contributed by atoms with Crippen molar-refractivity contribution in [1.29, 1.82) is 0 Å². The van der Waals surface area contributed by atoms with E-state index in [9.17, 15) is 0 Å². The first kappa shape index (κ1) is 32.0. The van der Waals surface area contributed by atoms with Crippen LogP contribution in [0.5, 0.6) is 0 Å². The minimum atomic E-state index is 1.10. The molecule has 0 heteroatoms. The van der Waals surface area contributed by atoms with Crippen molar-refractivity contribution in [2.45, 2.75) is 212 Å². The topological polar surface area (TPSA) is 0 Å². The Hall–Kier alpha value is 0. The maximum atomic E-state index is 2.31. The predicted octanol–water partition coefficient (Wildman–Crippen LogP) is 13.1. The van der Waals surface area contributed by atoms with Gasteiger partial charge in [0, 0.05) is 0 Å². The van der Waals surface area contributed by atoms with Crippen LogP contribution < -0.4 is 0 Å². The van der Waals surface area contributed by atoms with Gasteiger partial charge >= 0.3 is 0 Å². The van der Waals surface area contributed by atoms with Gasteiger partial charge in [-0.3, -0.25) is 0 Å². The van der Waals surface area contributed by atoms with Gasteiger partial charge in [-0.1, -0.05) is 212 Å². The van der Waals surface area contributed by atoms with Crippen molar-refractivity contribution in [2.24, 2.45) is 5.92 Å². The smallest absolute Gasteiger partial charge is 0.0414 e. The van der Waals surface area contributed by atoms with Crippen molar-refractivity contribution >= 4 is 0 Å². The van der Waals surface area contributed by atoms with Crippen molar-refractivity contribution < 1.29 is 0 Å². The molecule has 0 aromatic rings. The molecule has 0 heterocycles. The van der Waals surface area contributed by atoms with E-state index in [1.165, 1.54) is 186 Å². The minimum absolute atomic E-state index is 1.10. The van der Waals surface area contributed by atoms with Gasteiger partial charge in [0.1, 0.15) is 0 Å². The lowest BCUT2D eigenvalue weighted by atomic mass is 9.85. The van der Waals surface area contributed by atoms with Gasteiger partial charge in [0.25, 0.3) is 0 Å². The molecular formula is C34H68. The van der Waals surface area contributed by atoms with Crippen LogP contribution in [-0.2, 0) is 0 Å². The molecule has 1 saturated carbocycles. The van der Waals surface area contributed by atoms with Crippen molar-refractivity contribution in [3.8, 4) is 0 Å². The Balaban J connectivity index is 1.61. The maximum Gasteiger partial charge on any atom is -0.0414 e. The van der Waals surface area contributed by atoms with Crippen LogP contribution in [0.2, 0.25) is 0 Å². The third kappa shape index (κ3) is 23.7. The molecule has 1 rings (SSSR count). The van der Waals surface area contributed by atoms with Crippen molar-refractivity contribution in [1.82, 2.24) is 0 Å². The van der Waals surface area contributed by atoms with Crippen LogP contribution in [0.4, 0.5) is 0 Å². The Labute approximate surface area is 218 Å². The Morgan fingerprint density at radius 2 is 0.588 bits per heavy atom. The summed E-state index contributed by atoms with van der Waals surface area (Å²) < 4.78 is 0. The van der Waals surface area contributed by atoms with E-state index in [1.807, 2.05) is 0 Å². The summed E-state index contributed by atoms with van der Waals surface area (Å²) in [6.07, 6.45) is 47.9. The van der Waals surface area contributed by atoms with Gasteiger partial charge < -0.3 is 0 Å². The van der Waals surface area contributed by atoms with E-state index in [0.717, 1.165) is 5.92 Å².